The van der Waals surface area contributed by atoms with Crippen molar-refractivity contribution in [1.29, 1.82) is 0 Å². The maximum atomic E-state index is 12.7. The molecule has 0 spiro atoms. The van der Waals surface area contributed by atoms with Crippen LogP contribution in [0.4, 0.5) is 5.69 Å². The number of para-hydroxylation sites is 1. The van der Waals surface area contributed by atoms with Crippen LogP contribution in [0, 0.1) is 6.92 Å². The number of rotatable bonds is 5. The van der Waals surface area contributed by atoms with Gasteiger partial charge in [0.05, 0.1) is 25.3 Å². The van der Waals surface area contributed by atoms with Crippen molar-refractivity contribution >= 4 is 29.0 Å². The minimum atomic E-state index is -0.454. The lowest BCUT2D eigenvalue weighted by atomic mass is 9.94. The monoisotopic (exact) mass is 396 g/mol. The summed E-state index contributed by atoms with van der Waals surface area (Å²) in [5.41, 5.74) is 4.12. The van der Waals surface area contributed by atoms with Crippen molar-refractivity contribution < 1.29 is 14.3 Å². The predicted octanol–water partition coefficient (Wildman–Crippen LogP) is 4.28. The van der Waals surface area contributed by atoms with Crippen LogP contribution in [0.1, 0.15) is 31.0 Å². The lowest BCUT2D eigenvalue weighted by Crippen LogP contribution is -2.48. The maximum absolute atomic E-state index is 12.7. The molecule has 0 radical (unpaired) electrons. The van der Waals surface area contributed by atoms with Gasteiger partial charge in [0.25, 0.3) is 0 Å². The summed E-state index contributed by atoms with van der Waals surface area (Å²) >= 11 is 5.67. The number of esters is 1. The van der Waals surface area contributed by atoms with Gasteiger partial charge in [-0.3, -0.25) is 4.90 Å². The molecule has 0 bridgehead atoms. The zero-order valence-electron chi connectivity index (χ0n) is 16.5. The Labute approximate surface area is 170 Å². The molecular formula is C22H24N2O3S. The fourth-order valence-corrected chi connectivity index (χ4v) is 3.72. The van der Waals surface area contributed by atoms with Crippen molar-refractivity contribution in [3.8, 4) is 5.75 Å². The Morgan fingerprint density at radius 1 is 1.14 bits per heavy atom. The van der Waals surface area contributed by atoms with Gasteiger partial charge in [-0.1, -0.05) is 35.9 Å². The molecule has 2 aromatic carbocycles. The van der Waals surface area contributed by atoms with E-state index >= 15 is 0 Å². The van der Waals surface area contributed by atoms with Crippen LogP contribution in [0.15, 0.2) is 59.8 Å². The molecule has 1 aliphatic heterocycles. The number of hydrogen-bond acceptors (Lipinski definition) is 4. The standard InChI is InChI=1S/C22H24N2O3S/c1-5-27-18-9-7-6-8-17(18)20-19(21(25)26-4)15(3)24(22(28)23-20)16-12-10-14(2)11-13-16/h6-13,20H,5H2,1-4H3,(H,23,28)/t20-/m0/s1. The van der Waals surface area contributed by atoms with Crippen molar-refractivity contribution in [1.82, 2.24) is 5.32 Å². The first kappa shape index (κ1) is 19.9. The Bertz CT molecular complexity index is 922. The molecule has 0 amide bonds. The number of methoxy groups -OCH3 is 1. The van der Waals surface area contributed by atoms with Gasteiger partial charge < -0.3 is 14.8 Å². The van der Waals surface area contributed by atoms with E-state index in [4.69, 9.17) is 21.7 Å². The lowest BCUT2D eigenvalue weighted by Gasteiger charge is -2.37. The minimum Gasteiger partial charge on any atom is -0.494 e. The summed E-state index contributed by atoms with van der Waals surface area (Å²) in [6.45, 7) is 6.37. The Hall–Kier alpha value is -2.86. The quantitative estimate of drug-likeness (QED) is 0.601. The van der Waals surface area contributed by atoms with Gasteiger partial charge >= 0.3 is 5.97 Å². The molecular weight excluding hydrogens is 372 g/mol. The molecule has 0 saturated carbocycles. The van der Waals surface area contributed by atoms with Gasteiger partial charge in [-0.05, 0) is 51.2 Å². The third kappa shape index (κ3) is 3.73. The molecule has 0 aliphatic carbocycles. The molecule has 0 fully saturated rings. The average molecular weight is 397 g/mol. The molecule has 1 N–H and O–H groups in total. The molecule has 0 saturated heterocycles. The highest BCUT2D eigenvalue weighted by Gasteiger charge is 2.36. The third-order valence-corrected chi connectivity index (χ3v) is 5.01. The van der Waals surface area contributed by atoms with Gasteiger partial charge in [-0.2, -0.15) is 0 Å². The van der Waals surface area contributed by atoms with Crippen molar-refractivity contribution in [2.75, 3.05) is 18.6 Å². The number of carbonyl (C=O) groups excluding carboxylic acids is 1. The molecule has 0 unspecified atom stereocenters. The highest BCUT2D eigenvalue weighted by Crippen LogP contribution is 2.37. The van der Waals surface area contributed by atoms with Crippen LogP contribution in [0.5, 0.6) is 5.75 Å². The molecule has 3 rings (SSSR count). The van der Waals surface area contributed by atoms with E-state index in [0.29, 0.717) is 23.0 Å². The number of nitrogens with zero attached hydrogens (tertiary/aromatic N) is 1. The van der Waals surface area contributed by atoms with Crippen molar-refractivity contribution in [3.05, 3.63) is 70.9 Å². The molecule has 28 heavy (non-hydrogen) atoms. The summed E-state index contributed by atoms with van der Waals surface area (Å²) in [4.78, 5) is 14.6. The number of hydrogen-bond donors (Lipinski definition) is 1. The Kier molecular flexibility index (Phi) is 5.99. The van der Waals surface area contributed by atoms with E-state index in [0.717, 1.165) is 22.5 Å². The SMILES string of the molecule is CCOc1ccccc1[C@@H]1NC(=S)N(c2ccc(C)cc2)C(C)=C1C(=O)OC. The van der Waals surface area contributed by atoms with Gasteiger partial charge in [0.15, 0.2) is 5.11 Å². The molecule has 5 nitrogen and oxygen atoms in total. The largest absolute Gasteiger partial charge is 0.494 e. The van der Waals surface area contributed by atoms with E-state index in [2.05, 4.69) is 5.32 Å². The van der Waals surface area contributed by atoms with Crippen molar-refractivity contribution in [3.63, 3.8) is 0 Å². The van der Waals surface area contributed by atoms with E-state index in [1.54, 1.807) is 0 Å². The zero-order valence-corrected chi connectivity index (χ0v) is 17.3. The highest BCUT2D eigenvalue weighted by molar-refractivity contribution is 7.80. The zero-order chi connectivity index (χ0) is 20.3. The molecule has 1 atom stereocenters. The number of nitrogens with one attached hydrogen (secondary N) is 1. The van der Waals surface area contributed by atoms with Crippen LogP contribution in [0.2, 0.25) is 0 Å². The summed E-state index contributed by atoms with van der Waals surface area (Å²) in [6, 6.07) is 15.2. The first-order valence-electron chi connectivity index (χ1n) is 9.16. The Morgan fingerprint density at radius 2 is 1.82 bits per heavy atom. The van der Waals surface area contributed by atoms with Crippen molar-refractivity contribution in [2.45, 2.75) is 26.8 Å². The van der Waals surface area contributed by atoms with Gasteiger partial charge in [-0.15, -0.1) is 0 Å². The molecule has 2 aromatic rings. The summed E-state index contributed by atoms with van der Waals surface area (Å²) in [7, 11) is 1.39. The summed E-state index contributed by atoms with van der Waals surface area (Å²) in [6.07, 6.45) is 0. The van der Waals surface area contributed by atoms with E-state index < -0.39 is 12.0 Å². The van der Waals surface area contributed by atoms with Crippen LogP contribution < -0.4 is 15.0 Å². The number of thiocarbonyl (C=S) groups is 1. The first-order chi connectivity index (χ1) is 13.5. The summed E-state index contributed by atoms with van der Waals surface area (Å²) in [5, 5.41) is 3.83. The number of allylic oxidation sites excluding steroid dienone is 1. The number of anilines is 1. The molecule has 146 valence electrons. The van der Waals surface area contributed by atoms with Gasteiger partial charge in [-0.25, -0.2) is 4.79 Å². The minimum absolute atomic E-state index is 0.402. The molecule has 1 heterocycles. The topological polar surface area (TPSA) is 50.8 Å². The number of carbonyl (C=O) groups is 1. The summed E-state index contributed by atoms with van der Waals surface area (Å²) in [5.74, 6) is 0.309. The van der Waals surface area contributed by atoms with Crippen LogP contribution in [-0.4, -0.2) is 24.8 Å². The number of benzene rings is 2. The second kappa shape index (κ2) is 8.44. The van der Waals surface area contributed by atoms with Crippen LogP contribution >= 0.6 is 12.2 Å². The number of aryl methyl sites for hydroxylation is 1. The Morgan fingerprint density at radius 3 is 2.46 bits per heavy atom. The molecule has 6 heteroatoms. The Balaban J connectivity index is 2.14. The van der Waals surface area contributed by atoms with Gasteiger partial charge in [0, 0.05) is 16.9 Å². The normalized spacial score (nSPS) is 16.6. The lowest BCUT2D eigenvalue weighted by molar-refractivity contribution is -0.136. The van der Waals surface area contributed by atoms with Gasteiger partial charge in [0.1, 0.15) is 5.75 Å². The average Bonchev–Trinajstić information content (AvgIpc) is 2.69. The predicted molar refractivity (Wildman–Crippen MR) is 114 cm³/mol. The van der Waals surface area contributed by atoms with E-state index in [9.17, 15) is 4.79 Å². The fourth-order valence-electron chi connectivity index (χ4n) is 3.36. The number of ether oxygens (including phenoxy) is 2. The van der Waals surface area contributed by atoms with E-state index in [-0.39, 0.29) is 0 Å². The maximum Gasteiger partial charge on any atom is 0.337 e. The second-order valence-electron chi connectivity index (χ2n) is 6.51. The van der Waals surface area contributed by atoms with Crippen LogP contribution in [0.25, 0.3) is 0 Å². The van der Waals surface area contributed by atoms with Crippen LogP contribution in [-0.2, 0) is 9.53 Å². The second-order valence-corrected chi connectivity index (χ2v) is 6.90. The van der Waals surface area contributed by atoms with Crippen molar-refractivity contribution in [2.24, 2.45) is 0 Å². The third-order valence-electron chi connectivity index (χ3n) is 4.71. The smallest absolute Gasteiger partial charge is 0.337 e. The summed E-state index contributed by atoms with van der Waals surface area (Å²) < 4.78 is 10.9. The van der Waals surface area contributed by atoms with Crippen LogP contribution in [0.3, 0.4) is 0 Å². The molecule has 0 aromatic heterocycles. The van der Waals surface area contributed by atoms with E-state index in [1.165, 1.54) is 7.11 Å². The van der Waals surface area contributed by atoms with E-state index in [1.807, 2.05) is 74.2 Å². The van der Waals surface area contributed by atoms with Gasteiger partial charge in [0.2, 0.25) is 0 Å². The highest BCUT2D eigenvalue weighted by atomic mass is 32.1. The fraction of sp³-hybridized carbons (Fsp3) is 0.273. The first-order valence-corrected chi connectivity index (χ1v) is 9.56. The molecule has 1 aliphatic rings.